The maximum atomic E-state index is 12.1. The molecule has 0 amide bonds. The third-order valence-electron chi connectivity index (χ3n) is 9.13. The molecular weight excluding hydrogens is 450 g/mol. The number of para-hydroxylation sites is 1. The van der Waals surface area contributed by atoms with Crippen LogP contribution in [0, 0.1) is 17.8 Å². The van der Waals surface area contributed by atoms with Gasteiger partial charge in [0.1, 0.15) is 5.75 Å². The quantitative estimate of drug-likeness (QED) is 0.435. The van der Waals surface area contributed by atoms with E-state index >= 15 is 0 Å². The number of fused-ring (bicyclic) bond motifs is 3. The van der Waals surface area contributed by atoms with E-state index < -0.39 is 5.60 Å². The summed E-state index contributed by atoms with van der Waals surface area (Å²) in [6.07, 6.45) is 7.92. The zero-order valence-electron chi connectivity index (χ0n) is 21.1. The van der Waals surface area contributed by atoms with E-state index in [1.54, 1.807) is 0 Å². The van der Waals surface area contributed by atoms with Crippen molar-refractivity contribution in [2.75, 3.05) is 26.2 Å². The van der Waals surface area contributed by atoms with Gasteiger partial charge < -0.3 is 18.8 Å². The summed E-state index contributed by atoms with van der Waals surface area (Å²) in [4.78, 5) is 4.88. The van der Waals surface area contributed by atoms with Crippen LogP contribution in [0.25, 0.3) is 0 Å². The molecule has 4 heterocycles. The van der Waals surface area contributed by atoms with Crippen LogP contribution in [0.5, 0.6) is 5.75 Å². The van der Waals surface area contributed by atoms with Gasteiger partial charge in [0.05, 0.1) is 26.2 Å². The Kier molecular flexibility index (Phi) is 6.57. The summed E-state index contributed by atoms with van der Waals surface area (Å²) in [5, 5.41) is 16.5. The highest BCUT2D eigenvalue weighted by Gasteiger charge is 2.48. The maximum absolute atomic E-state index is 12.1. The Bertz CT molecular complexity index is 1120. The summed E-state index contributed by atoms with van der Waals surface area (Å²) < 4.78 is 13.0. The number of hydrogen-bond acceptors (Lipinski definition) is 5. The normalized spacial score (nSPS) is 28.0. The average Bonchev–Trinajstić information content (AvgIpc) is 3.42. The van der Waals surface area contributed by atoms with E-state index in [9.17, 15) is 5.11 Å². The largest absolute Gasteiger partial charge is 0.493 e. The smallest absolute Gasteiger partial charge is 0.282 e. The predicted octanol–water partition coefficient (Wildman–Crippen LogP) is 5.32. The molecule has 3 aromatic rings. The summed E-state index contributed by atoms with van der Waals surface area (Å²) in [6, 6.07) is 20.1. The Morgan fingerprint density at radius 3 is 2.33 bits per heavy atom. The van der Waals surface area contributed by atoms with Crippen molar-refractivity contribution in [3.63, 3.8) is 0 Å². The van der Waals surface area contributed by atoms with E-state index in [1.807, 2.05) is 60.7 Å². The van der Waals surface area contributed by atoms with Crippen molar-refractivity contribution in [1.29, 1.82) is 0 Å². The molecule has 1 aromatic heterocycles. The lowest BCUT2D eigenvalue weighted by Gasteiger charge is -2.52. The van der Waals surface area contributed by atoms with Gasteiger partial charge in [0, 0.05) is 18.8 Å². The highest BCUT2D eigenvalue weighted by atomic mass is 16.5. The molecule has 2 atom stereocenters. The number of piperidine rings is 3. The first kappa shape index (κ1) is 23.7. The molecule has 2 aromatic carbocycles. The number of nitrogens with zero attached hydrogens (tertiary/aromatic N) is 3. The van der Waals surface area contributed by atoms with Crippen LogP contribution >= 0.6 is 0 Å². The number of aromatic nitrogens is 2. The number of rotatable bonds is 8. The topological polar surface area (TPSA) is 68.4 Å². The minimum absolute atomic E-state index is 0.108. The molecule has 1 N–H and O–H groups in total. The van der Waals surface area contributed by atoms with Gasteiger partial charge in [-0.15, -0.1) is 0 Å². The van der Waals surface area contributed by atoms with Crippen molar-refractivity contribution < 1.29 is 18.8 Å². The standard InChI is InChI=1S/C30H38N3O3/c34-30(25-10-4-1-5-11-25,26-12-6-2-7-13-26)29-31-28(36-32-29)21-33-18-16-23(17-19-33)24(20-33)22-35-27-14-8-3-9-15-27/h1,3-5,8-11,14-15,23-24,26,34H,2,6-7,12-13,16-22H2/q+1/t23?,24-,30?,33?/m0/s1. The first-order valence-electron chi connectivity index (χ1n) is 13.8. The highest BCUT2D eigenvalue weighted by molar-refractivity contribution is 5.30. The Balaban J connectivity index is 1.20. The van der Waals surface area contributed by atoms with Crippen LogP contribution in [0.2, 0.25) is 0 Å². The SMILES string of the molecule is OC(c1ccccc1)(c1noc(C[N+]23CCC(CC2)[C@H](COc2ccccc2)C3)n1)C1CCCCC1. The number of aliphatic hydroxyl groups is 1. The third-order valence-corrected chi connectivity index (χ3v) is 9.13. The van der Waals surface area contributed by atoms with E-state index in [1.165, 1.54) is 19.3 Å². The highest BCUT2D eigenvalue weighted by Crippen LogP contribution is 2.43. The van der Waals surface area contributed by atoms with Gasteiger partial charge in [-0.3, -0.25) is 0 Å². The summed E-state index contributed by atoms with van der Waals surface area (Å²) in [5.41, 5.74) is -0.335. The van der Waals surface area contributed by atoms with Crippen LogP contribution in [-0.2, 0) is 12.1 Å². The molecular formula is C30H38N3O3+. The average molecular weight is 489 g/mol. The molecule has 4 aliphatic rings. The number of hydrogen-bond donors (Lipinski definition) is 1. The molecule has 36 heavy (non-hydrogen) atoms. The van der Waals surface area contributed by atoms with E-state index in [0.29, 0.717) is 17.6 Å². The van der Waals surface area contributed by atoms with E-state index in [-0.39, 0.29) is 5.92 Å². The summed E-state index contributed by atoms with van der Waals surface area (Å²) >= 11 is 0. The first-order chi connectivity index (χ1) is 17.6. The van der Waals surface area contributed by atoms with E-state index in [2.05, 4.69) is 5.16 Å². The van der Waals surface area contributed by atoms with Crippen molar-refractivity contribution in [3.05, 3.63) is 77.9 Å². The second-order valence-corrected chi connectivity index (χ2v) is 11.3. The fourth-order valence-corrected chi connectivity index (χ4v) is 7.09. The van der Waals surface area contributed by atoms with Crippen molar-refractivity contribution in [1.82, 2.24) is 10.1 Å². The fraction of sp³-hybridized carbons (Fsp3) is 0.533. The molecule has 3 aliphatic heterocycles. The molecule has 190 valence electrons. The zero-order valence-corrected chi connectivity index (χ0v) is 21.1. The lowest BCUT2D eigenvalue weighted by atomic mass is 9.73. The monoisotopic (exact) mass is 488 g/mol. The first-order valence-corrected chi connectivity index (χ1v) is 13.8. The minimum Gasteiger partial charge on any atom is -0.493 e. The van der Waals surface area contributed by atoms with Crippen LogP contribution in [0.4, 0.5) is 0 Å². The molecule has 7 rings (SSSR count). The number of benzene rings is 2. The molecule has 1 aliphatic carbocycles. The Morgan fingerprint density at radius 2 is 1.61 bits per heavy atom. The third kappa shape index (κ3) is 4.57. The molecule has 4 fully saturated rings. The zero-order chi connectivity index (χ0) is 24.4. The van der Waals surface area contributed by atoms with Gasteiger partial charge in [0.25, 0.3) is 5.89 Å². The van der Waals surface area contributed by atoms with Crippen LogP contribution in [-0.4, -0.2) is 46.0 Å². The minimum atomic E-state index is -1.20. The number of ether oxygens (including phenoxy) is 1. The van der Waals surface area contributed by atoms with Crippen molar-refractivity contribution >= 4 is 0 Å². The molecule has 1 unspecified atom stereocenters. The molecule has 0 spiro atoms. The van der Waals surface area contributed by atoms with Crippen LogP contribution in [0.1, 0.15) is 62.2 Å². The molecule has 1 saturated carbocycles. The van der Waals surface area contributed by atoms with Gasteiger partial charge in [-0.2, -0.15) is 4.98 Å². The van der Waals surface area contributed by atoms with Crippen LogP contribution in [0.15, 0.2) is 65.2 Å². The molecule has 6 heteroatoms. The van der Waals surface area contributed by atoms with Gasteiger partial charge in [-0.25, -0.2) is 0 Å². The van der Waals surface area contributed by atoms with Gasteiger partial charge >= 0.3 is 0 Å². The Hall–Kier alpha value is -2.70. The molecule has 0 radical (unpaired) electrons. The van der Waals surface area contributed by atoms with Gasteiger partial charge in [-0.1, -0.05) is 73.0 Å². The summed E-state index contributed by atoms with van der Waals surface area (Å²) in [7, 11) is 0. The second-order valence-electron chi connectivity index (χ2n) is 11.3. The van der Waals surface area contributed by atoms with Crippen molar-refractivity contribution in [2.45, 2.75) is 57.1 Å². The summed E-state index contributed by atoms with van der Waals surface area (Å²) in [6.45, 7) is 4.88. The molecule has 2 bridgehead atoms. The fourth-order valence-electron chi connectivity index (χ4n) is 7.09. The lowest BCUT2D eigenvalue weighted by molar-refractivity contribution is -0.960. The lowest BCUT2D eigenvalue weighted by Crippen LogP contribution is -2.62. The predicted molar refractivity (Wildman–Crippen MR) is 137 cm³/mol. The van der Waals surface area contributed by atoms with Gasteiger partial charge in [0.2, 0.25) is 5.82 Å². The van der Waals surface area contributed by atoms with Gasteiger partial charge in [-0.05, 0) is 42.4 Å². The van der Waals surface area contributed by atoms with E-state index in [0.717, 1.165) is 80.2 Å². The van der Waals surface area contributed by atoms with Crippen LogP contribution < -0.4 is 4.74 Å². The molecule has 6 nitrogen and oxygen atoms in total. The Labute approximate surface area is 213 Å². The van der Waals surface area contributed by atoms with E-state index in [4.69, 9.17) is 14.2 Å². The summed E-state index contributed by atoms with van der Waals surface area (Å²) in [5.74, 6) is 3.42. The molecule has 3 saturated heterocycles. The number of quaternary nitrogens is 1. The van der Waals surface area contributed by atoms with Crippen molar-refractivity contribution in [2.24, 2.45) is 17.8 Å². The maximum Gasteiger partial charge on any atom is 0.282 e. The van der Waals surface area contributed by atoms with Gasteiger partial charge in [0.15, 0.2) is 12.1 Å². The van der Waals surface area contributed by atoms with Crippen molar-refractivity contribution in [3.8, 4) is 5.75 Å². The van der Waals surface area contributed by atoms with Crippen LogP contribution in [0.3, 0.4) is 0 Å². The Morgan fingerprint density at radius 1 is 0.917 bits per heavy atom. The second kappa shape index (κ2) is 9.98.